The second kappa shape index (κ2) is 7.99. The summed E-state index contributed by atoms with van der Waals surface area (Å²) in [7, 11) is 1.42. The number of nitrogens with one attached hydrogen (secondary N) is 1. The fraction of sp³-hybridized carbons (Fsp3) is 0.188. The van der Waals surface area contributed by atoms with Crippen LogP contribution in [0.1, 0.15) is 11.1 Å². The third kappa shape index (κ3) is 5.02. The van der Waals surface area contributed by atoms with E-state index in [1.807, 2.05) is 48.5 Å². The first kappa shape index (κ1) is 15.8. The molecule has 0 atom stereocenters. The quantitative estimate of drug-likeness (QED) is 0.602. The van der Waals surface area contributed by atoms with Crippen LogP contribution in [0.4, 0.5) is 0 Å². The van der Waals surface area contributed by atoms with Gasteiger partial charge in [0.15, 0.2) is 0 Å². The molecule has 2 aromatic rings. The number of carbonyl (C=O) groups excluding carboxylic acids is 1. The third-order valence-electron chi connectivity index (χ3n) is 2.83. The monoisotopic (exact) mass is 397 g/mol. The Morgan fingerprint density at radius 3 is 2.67 bits per heavy atom. The Morgan fingerprint density at radius 1 is 1.19 bits per heavy atom. The van der Waals surface area contributed by atoms with E-state index in [0.29, 0.717) is 6.61 Å². The van der Waals surface area contributed by atoms with Gasteiger partial charge in [0.1, 0.15) is 12.4 Å². The van der Waals surface area contributed by atoms with Crippen molar-refractivity contribution in [3.8, 4) is 5.75 Å². The van der Waals surface area contributed by atoms with Crippen molar-refractivity contribution in [2.24, 2.45) is 0 Å². The summed E-state index contributed by atoms with van der Waals surface area (Å²) in [5.74, 6) is 0.565. The van der Waals surface area contributed by atoms with Crippen LogP contribution in [0.3, 0.4) is 0 Å². The van der Waals surface area contributed by atoms with Gasteiger partial charge in [-0.15, -0.1) is 0 Å². The fourth-order valence-corrected chi connectivity index (χ4v) is 2.37. The lowest BCUT2D eigenvalue weighted by Gasteiger charge is -2.10. The normalized spacial score (nSPS) is 10.2. The first-order chi connectivity index (χ1) is 10.2. The number of benzene rings is 2. The zero-order valence-corrected chi connectivity index (χ0v) is 13.8. The maximum absolute atomic E-state index is 11.6. The number of hydroxylamine groups is 1. The lowest BCUT2D eigenvalue weighted by molar-refractivity contribution is -0.130. The molecule has 0 aliphatic rings. The van der Waals surface area contributed by atoms with E-state index < -0.39 is 0 Å². The van der Waals surface area contributed by atoms with Gasteiger partial charge in [-0.3, -0.25) is 9.63 Å². The van der Waals surface area contributed by atoms with Crippen LogP contribution < -0.4 is 10.2 Å². The number of amides is 1. The van der Waals surface area contributed by atoms with Crippen molar-refractivity contribution in [2.45, 2.75) is 13.0 Å². The molecular formula is C16H16INO3. The molecule has 21 heavy (non-hydrogen) atoms. The van der Waals surface area contributed by atoms with E-state index in [4.69, 9.17) is 4.74 Å². The molecule has 1 N–H and O–H groups in total. The first-order valence-corrected chi connectivity index (χ1v) is 7.54. The second-order valence-electron chi connectivity index (χ2n) is 4.43. The van der Waals surface area contributed by atoms with Crippen LogP contribution in [0.15, 0.2) is 48.5 Å². The Kier molecular flexibility index (Phi) is 6.01. The lowest BCUT2D eigenvalue weighted by Crippen LogP contribution is -2.23. The molecule has 0 saturated heterocycles. The van der Waals surface area contributed by atoms with Crippen LogP contribution >= 0.6 is 22.6 Å². The predicted molar refractivity (Wildman–Crippen MR) is 88.8 cm³/mol. The smallest absolute Gasteiger partial charge is 0.247 e. The topological polar surface area (TPSA) is 47.6 Å². The van der Waals surface area contributed by atoms with Gasteiger partial charge in [0, 0.05) is 3.57 Å². The fourth-order valence-electron chi connectivity index (χ4n) is 1.84. The molecule has 2 rings (SSSR count). The molecule has 0 aliphatic heterocycles. The van der Waals surface area contributed by atoms with E-state index in [-0.39, 0.29) is 12.3 Å². The van der Waals surface area contributed by atoms with Crippen LogP contribution in [0.5, 0.6) is 5.75 Å². The summed E-state index contributed by atoms with van der Waals surface area (Å²) in [5.41, 5.74) is 4.33. The van der Waals surface area contributed by atoms with Gasteiger partial charge < -0.3 is 4.74 Å². The Labute approximate surface area is 137 Å². The van der Waals surface area contributed by atoms with Crippen molar-refractivity contribution in [2.75, 3.05) is 7.11 Å². The van der Waals surface area contributed by atoms with E-state index >= 15 is 0 Å². The molecule has 0 aromatic heterocycles. The predicted octanol–water partition coefficient (Wildman–Crippen LogP) is 3.09. The SMILES string of the molecule is CONC(=O)Cc1cc(OCc2ccccc2)ccc1I. The van der Waals surface area contributed by atoms with Crippen LogP contribution in [0.25, 0.3) is 0 Å². The molecule has 0 spiro atoms. The number of halogens is 1. The van der Waals surface area contributed by atoms with Crippen LogP contribution in [-0.4, -0.2) is 13.0 Å². The highest BCUT2D eigenvalue weighted by atomic mass is 127. The van der Waals surface area contributed by atoms with Gasteiger partial charge >= 0.3 is 0 Å². The van der Waals surface area contributed by atoms with Gasteiger partial charge in [-0.05, 0) is 51.9 Å². The van der Waals surface area contributed by atoms with Crippen molar-refractivity contribution in [1.29, 1.82) is 0 Å². The van der Waals surface area contributed by atoms with Gasteiger partial charge in [0.25, 0.3) is 0 Å². The second-order valence-corrected chi connectivity index (χ2v) is 5.60. The number of hydrogen-bond donors (Lipinski definition) is 1. The number of carbonyl (C=O) groups is 1. The summed E-state index contributed by atoms with van der Waals surface area (Å²) < 4.78 is 6.78. The summed E-state index contributed by atoms with van der Waals surface area (Å²) in [6.07, 6.45) is 0.259. The highest BCUT2D eigenvalue weighted by Crippen LogP contribution is 2.21. The lowest BCUT2D eigenvalue weighted by atomic mass is 10.1. The molecule has 1 amide bonds. The number of ether oxygens (including phenoxy) is 1. The summed E-state index contributed by atoms with van der Waals surface area (Å²) in [5, 5.41) is 0. The average Bonchev–Trinajstić information content (AvgIpc) is 2.49. The van der Waals surface area contributed by atoms with Crippen molar-refractivity contribution in [1.82, 2.24) is 5.48 Å². The zero-order chi connectivity index (χ0) is 15.1. The summed E-state index contributed by atoms with van der Waals surface area (Å²) in [4.78, 5) is 16.2. The molecule has 0 unspecified atom stereocenters. The standard InChI is InChI=1S/C16H16INO3/c1-20-18-16(19)10-13-9-14(7-8-15(13)17)21-11-12-5-3-2-4-6-12/h2-9H,10-11H2,1H3,(H,18,19). The van der Waals surface area contributed by atoms with E-state index in [2.05, 4.69) is 32.9 Å². The number of hydrogen-bond acceptors (Lipinski definition) is 3. The maximum atomic E-state index is 11.6. The highest BCUT2D eigenvalue weighted by molar-refractivity contribution is 14.1. The van der Waals surface area contributed by atoms with E-state index in [1.165, 1.54) is 7.11 Å². The van der Waals surface area contributed by atoms with Crippen LogP contribution in [0.2, 0.25) is 0 Å². The van der Waals surface area contributed by atoms with Crippen molar-refractivity contribution in [3.63, 3.8) is 0 Å². The molecule has 5 heteroatoms. The molecule has 0 bridgehead atoms. The Balaban J connectivity index is 2.02. The average molecular weight is 397 g/mol. The van der Waals surface area contributed by atoms with Gasteiger partial charge in [-0.25, -0.2) is 5.48 Å². The summed E-state index contributed by atoms with van der Waals surface area (Å²) in [6.45, 7) is 0.505. The number of rotatable bonds is 6. The zero-order valence-electron chi connectivity index (χ0n) is 11.6. The Hall–Kier alpha value is -1.60. The van der Waals surface area contributed by atoms with Crippen molar-refractivity contribution < 1.29 is 14.4 Å². The molecule has 0 saturated carbocycles. The Bertz CT molecular complexity index is 602. The largest absolute Gasteiger partial charge is 0.489 e. The molecule has 2 aromatic carbocycles. The van der Waals surface area contributed by atoms with Gasteiger partial charge in [-0.1, -0.05) is 30.3 Å². The molecule has 0 fully saturated rings. The maximum Gasteiger partial charge on any atom is 0.247 e. The van der Waals surface area contributed by atoms with Gasteiger partial charge in [0.2, 0.25) is 5.91 Å². The molecule has 0 aliphatic carbocycles. The van der Waals surface area contributed by atoms with Crippen molar-refractivity contribution in [3.05, 3.63) is 63.2 Å². The third-order valence-corrected chi connectivity index (χ3v) is 3.88. The van der Waals surface area contributed by atoms with Crippen molar-refractivity contribution >= 4 is 28.5 Å². The van der Waals surface area contributed by atoms with Gasteiger partial charge in [0.05, 0.1) is 13.5 Å². The van der Waals surface area contributed by atoms with Gasteiger partial charge in [-0.2, -0.15) is 0 Å². The molecule has 0 radical (unpaired) electrons. The highest BCUT2D eigenvalue weighted by Gasteiger charge is 2.08. The Morgan fingerprint density at radius 2 is 1.95 bits per heavy atom. The van der Waals surface area contributed by atoms with Crippen LogP contribution in [0, 0.1) is 3.57 Å². The minimum Gasteiger partial charge on any atom is -0.489 e. The van der Waals surface area contributed by atoms with E-state index in [0.717, 1.165) is 20.4 Å². The molecule has 4 nitrogen and oxygen atoms in total. The minimum absolute atomic E-state index is 0.185. The summed E-state index contributed by atoms with van der Waals surface area (Å²) >= 11 is 2.20. The molecule has 0 heterocycles. The minimum atomic E-state index is -0.185. The van der Waals surface area contributed by atoms with E-state index in [1.54, 1.807) is 0 Å². The molecule has 110 valence electrons. The van der Waals surface area contributed by atoms with Crippen LogP contribution in [-0.2, 0) is 22.7 Å². The summed E-state index contributed by atoms with van der Waals surface area (Å²) in [6, 6.07) is 15.7. The first-order valence-electron chi connectivity index (χ1n) is 6.46. The molecular weight excluding hydrogens is 381 g/mol. The van der Waals surface area contributed by atoms with E-state index in [9.17, 15) is 4.79 Å².